The van der Waals surface area contributed by atoms with Gasteiger partial charge in [-0.1, -0.05) is 26.7 Å². The van der Waals surface area contributed by atoms with Crippen molar-refractivity contribution in [3.05, 3.63) is 17.1 Å². The van der Waals surface area contributed by atoms with Gasteiger partial charge in [-0.15, -0.1) is 0 Å². The van der Waals surface area contributed by atoms with Crippen LogP contribution in [0.15, 0.2) is 4.42 Å². The van der Waals surface area contributed by atoms with E-state index in [0.717, 1.165) is 5.92 Å². The van der Waals surface area contributed by atoms with Crippen LogP contribution < -0.4 is 4.90 Å². The first-order valence-electron chi connectivity index (χ1n) is 9.46. The normalized spacial score (nSPS) is 17.4. The molecular weight excluding hydrogens is 375 g/mol. The van der Waals surface area contributed by atoms with E-state index in [0.29, 0.717) is 26.3 Å². The number of aromatic nitrogens is 2. The summed E-state index contributed by atoms with van der Waals surface area (Å²) in [5.74, 6) is 0.118. The number of rotatable bonds is 3. The molecule has 9 heteroatoms. The third-order valence-electron chi connectivity index (χ3n) is 4.66. The van der Waals surface area contributed by atoms with Crippen LogP contribution in [0.25, 0.3) is 11.1 Å². The lowest BCUT2D eigenvalue weighted by molar-refractivity contribution is -0.137. The van der Waals surface area contributed by atoms with Gasteiger partial charge in [0.15, 0.2) is 22.9 Å². The molecular formula is C19H24F3N3O3. The second-order valence-electron chi connectivity index (χ2n) is 7.13. The van der Waals surface area contributed by atoms with Gasteiger partial charge in [-0.25, -0.2) is 9.97 Å². The first-order valence-corrected chi connectivity index (χ1v) is 9.46. The van der Waals surface area contributed by atoms with Gasteiger partial charge in [-0.05, 0) is 12.8 Å². The number of morpholine rings is 1. The van der Waals surface area contributed by atoms with Gasteiger partial charge in [0.05, 0.1) is 13.2 Å². The fraction of sp³-hybridized carbons (Fsp3) is 0.632. The predicted molar refractivity (Wildman–Crippen MR) is 97.6 cm³/mol. The monoisotopic (exact) mass is 399 g/mol. The maximum absolute atomic E-state index is 13.5. The zero-order valence-corrected chi connectivity index (χ0v) is 16.2. The van der Waals surface area contributed by atoms with Crippen molar-refractivity contribution < 1.29 is 27.1 Å². The zero-order valence-electron chi connectivity index (χ0n) is 16.2. The van der Waals surface area contributed by atoms with Crippen molar-refractivity contribution in [1.82, 2.24) is 9.97 Å². The molecule has 0 aromatic carbocycles. The van der Waals surface area contributed by atoms with Gasteiger partial charge in [-0.2, -0.15) is 13.2 Å². The van der Waals surface area contributed by atoms with E-state index in [4.69, 9.17) is 9.15 Å². The second-order valence-corrected chi connectivity index (χ2v) is 7.13. The standard InChI is InChI=1S/C15H16F3N3O3.C4H8/c1-3-9(22)12-10(15(16,17)18)11-13(24-12)14(20-8(2)19-11)21-4-6-23-7-5-21;1-4-2-3-4/h3-7H2,1-2H3;4H,2-3H2,1H3. The topological polar surface area (TPSA) is 68.5 Å². The van der Waals surface area contributed by atoms with Crippen molar-refractivity contribution in [3.63, 3.8) is 0 Å². The number of carbonyl (C=O) groups is 1. The summed E-state index contributed by atoms with van der Waals surface area (Å²) in [5.41, 5.74) is -1.59. The summed E-state index contributed by atoms with van der Waals surface area (Å²) in [6.45, 7) is 7.11. The average molecular weight is 399 g/mol. The smallest absolute Gasteiger partial charge is 0.422 e. The molecule has 1 aliphatic carbocycles. The van der Waals surface area contributed by atoms with Crippen molar-refractivity contribution in [2.45, 2.75) is 46.2 Å². The Morgan fingerprint density at radius 2 is 1.82 bits per heavy atom. The Balaban J connectivity index is 0.000000500. The number of furan rings is 1. The Hall–Kier alpha value is -2.16. The molecule has 1 saturated carbocycles. The van der Waals surface area contributed by atoms with Crippen LogP contribution in [0.5, 0.6) is 0 Å². The molecule has 0 unspecified atom stereocenters. The Bertz CT molecular complexity index is 853. The van der Waals surface area contributed by atoms with Gasteiger partial charge < -0.3 is 14.1 Å². The molecule has 4 rings (SSSR count). The van der Waals surface area contributed by atoms with E-state index in [2.05, 4.69) is 16.9 Å². The summed E-state index contributed by atoms with van der Waals surface area (Å²) in [6, 6.07) is 0. The van der Waals surface area contributed by atoms with Crippen molar-refractivity contribution in [2.75, 3.05) is 31.2 Å². The fourth-order valence-electron chi connectivity index (χ4n) is 2.85. The highest BCUT2D eigenvalue weighted by atomic mass is 19.4. The van der Waals surface area contributed by atoms with Gasteiger partial charge in [0.1, 0.15) is 16.9 Å². The fourth-order valence-corrected chi connectivity index (χ4v) is 2.85. The van der Waals surface area contributed by atoms with Crippen LogP contribution in [0.1, 0.15) is 55.1 Å². The molecule has 28 heavy (non-hydrogen) atoms. The summed E-state index contributed by atoms with van der Waals surface area (Å²) in [7, 11) is 0. The second kappa shape index (κ2) is 8.06. The SMILES string of the molecule is CC1CC1.CCC(=O)c1oc2c(N3CCOCC3)nc(C)nc2c1C(F)(F)F. The van der Waals surface area contributed by atoms with Gasteiger partial charge in [0, 0.05) is 19.5 Å². The minimum absolute atomic E-state index is 0.0950. The molecule has 2 aromatic heterocycles. The molecule has 0 spiro atoms. The number of alkyl halides is 3. The third kappa shape index (κ3) is 4.45. The Labute approximate surface area is 161 Å². The van der Waals surface area contributed by atoms with E-state index in [-0.39, 0.29) is 29.2 Å². The van der Waals surface area contributed by atoms with Gasteiger partial charge in [0.25, 0.3) is 0 Å². The van der Waals surface area contributed by atoms with Crippen molar-refractivity contribution in [1.29, 1.82) is 0 Å². The van der Waals surface area contributed by atoms with Crippen LogP contribution in [0.3, 0.4) is 0 Å². The predicted octanol–water partition coefficient (Wildman–Crippen LogP) is 4.40. The highest BCUT2D eigenvalue weighted by Crippen LogP contribution is 2.41. The molecule has 154 valence electrons. The average Bonchev–Trinajstić information content (AvgIpc) is 3.33. The van der Waals surface area contributed by atoms with Crippen LogP contribution in [0, 0.1) is 12.8 Å². The quantitative estimate of drug-likeness (QED) is 0.713. The van der Waals surface area contributed by atoms with E-state index in [1.807, 2.05) is 0 Å². The van der Waals surface area contributed by atoms with E-state index in [1.165, 1.54) is 26.7 Å². The van der Waals surface area contributed by atoms with Crippen LogP contribution >= 0.6 is 0 Å². The zero-order chi connectivity index (χ0) is 20.5. The summed E-state index contributed by atoms with van der Waals surface area (Å²) in [6.07, 6.45) is -1.86. The van der Waals surface area contributed by atoms with Crippen molar-refractivity contribution >= 4 is 22.7 Å². The molecule has 0 atom stereocenters. The third-order valence-corrected chi connectivity index (χ3v) is 4.66. The number of aryl methyl sites for hydroxylation is 1. The molecule has 0 radical (unpaired) electrons. The molecule has 0 N–H and O–H groups in total. The lowest BCUT2D eigenvalue weighted by Gasteiger charge is -2.27. The molecule has 6 nitrogen and oxygen atoms in total. The number of fused-ring (bicyclic) bond motifs is 1. The van der Waals surface area contributed by atoms with Crippen LogP contribution in [-0.4, -0.2) is 42.1 Å². The summed E-state index contributed by atoms with van der Waals surface area (Å²) >= 11 is 0. The van der Waals surface area contributed by atoms with E-state index in [1.54, 1.807) is 4.90 Å². The molecule has 1 aliphatic heterocycles. The molecule has 0 bridgehead atoms. The van der Waals surface area contributed by atoms with Crippen LogP contribution in [0.2, 0.25) is 0 Å². The van der Waals surface area contributed by atoms with Crippen molar-refractivity contribution in [3.8, 4) is 0 Å². The number of ether oxygens (including phenoxy) is 1. The Kier molecular flexibility index (Phi) is 5.92. The number of hydrogen-bond acceptors (Lipinski definition) is 6. The number of halogens is 3. The van der Waals surface area contributed by atoms with Crippen LogP contribution in [0.4, 0.5) is 19.0 Å². The number of anilines is 1. The van der Waals surface area contributed by atoms with E-state index in [9.17, 15) is 18.0 Å². The minimum atomic E-state index is -4.74. The maximum atomic E-state index is 13.5. The summed E-state index contributed by atoms with van der Waals surface area (Å²) in [4.78, 5) is 21.9. The van der Waals surface area contributed by atoms with Gasteiger partial charge >= 0.3 is 6.18 Å². The first kappa shape index (κ1) is 20.6. The summed E-state index contributed by atoms with van der Waals surface area (Å²) < 4.78 is 51.1. The van der Waals surface area contributed by atoms with E-state index >= 15 is 0 Å². The lowest BCUT2D eigenvalue weighted by atomic mass is 10.1. The van der Waals surface area contributed by atoms with E-state index < -0.39 is 23.3 Å². The largest absolute Gasteiger partial charge is 0.447 e. The Morgan fingerprint density at radius 3 is 2.32 bits per heavy atom. The van der Waals surface area contributed by atoms with Crippen LogP contribution in [-0.2, 0) is 10.9 Å². The maximum Gasteiger partial charge on any atom is 0.422 e. The Morgan fingerprint density at radius 1 is 1.21 bits per heavy atom. The van der Waals surface area contributed by atoms with Gasteiger partial charge in [-0.3, -0.25) is 4.79 Å². The number of nitrogens with zero attached hydrogens (tertiary/aromatic N) is 3. The van der Waals surface area contributed by atoms with Crippen molar-refractivity contribution in [2.24, 2.45) is 5.92 Å². The molecule has 0 amide bonds. The summed E-state index contributed by atoms with van der Waals surface area (Å²) in [5, 5.41) is 0. The number of ketones is 1. The number of Topliss-reactive ketones (excluding diaryl/α,β-unsaturated/α-hetero) is 1. The lowest BCUT2D eigenvalue weighted by Crippen LogP contribution is -2.37. The molecule has 2 fully saturated rings. The highest BCUT2D eigenvalue weighted by molar-refractivity contribution is 6.01. The first-order chi connectivity index (χ1) is 13.2. The highest BCUT2D eigenvalue weighted by Gasteiger charge is 2.42. The molecule has 2 aliphatic rings. The molecule has 3 heterocycles. The molecule has 2 aromatic rings. The minimum Gasteiger partial charge on any atom is -0.447 e. The van der Waals surface area contributed by atoms with Gasteiger partial charge in [0.2, 0.25) is 0 Å². The number of carbonyl (C=O) groups excluding carboxylic acids is 1. The number of hydrogen-bond donors (Lipinski definition) is 0. The molecule has 1 saturated heterocycles.